The molecule has 2 aromatic carbocycles. The maximum absolute atomic E-state index is 11.9. The molecule has 2 rings (SSSR count). The van der Waals surface area contributed by atoms with Gasteiger partial charge in [0.05, 0.1) is 12.0 Å². The zero-order valence-corrected chi connectivity index (χ0v) is 9.46. The van der Waals surface area contributed by atoms with Crippen LogP contribution in [-0.4, -0.2) is 12.0 Å². The quantitative estimate of drug-likeness (QED) is 0.646. The van der Waals surface area contributed by atoms with Crippen LogP contribution in [0.1, 0.15) is 0 Å². The van der Waals surface area contributed by atoms with Crippen molar-refractivity contribution < 1.29 is 9.61 Å². The van der Waals surface area contributed by atoms with Crippen LogP contribution in [0.25, 0.3) is 0 Å². The molecule has 0 fully saturated rings. The third-order valence-electron chi connectivity index (χ3n) is 2.31. The van der Waals surface area contributed by atoms with Crippen molar-refractivity contribution in [2.75, 3.05) is 12.5 Å². The Morgan fingerprint density at radius 2 is 1.65 bits per heavy atom. The van der Waals surface area contributed by atoms with E-state index in [1.54, 1.807) is 18.2 Å². The molecule has 0 amide bonds. The van der Waals surface area contributed by atoms with Crippen LogP contribution in [0.3, 0.4) is 0 Å². The second-order valence-corrected chi connectivity index (χ2v) is 3.44. The van der Waals surface area contributed by atoms with Gasteiger partial charge in [0.15, 0.2) is 10.6 Å². The first-order valence-electron chi connectivity index (χ1n) is 5.23. The van der Waals surface area contributed by atoms with Gasteiger partial charge in [-0.2, -0.15) is 0 Å². The van der Waals surface area contributed by atoms with Crippen molar-refractivity contribution >= 4 is 11.4 Å². The van der Waals surface area contributed by atoms with E-state index in [1.807, 2.05) is 36.4 Å². The van der Waals surface area contributed by atoms with E-state index in [-0.39, 0.29) is 0 Å². The first-order valence-corrected chi connectivity index (χ1v) is 5.23. The number of ether oxygens (including phenoxy) is 1. The number of hydrogen-bond donors (Lipinski definition) is 1. The summed E-state index contributed by atoms with van der Waals surface area (Å²) in [6.45, 7) is 0. The van der Waals surface area contributed by atoms with Crippen molar-refractivity contribution in [3.63, 3.8) is 0 Å². The number of nitrogens with one attached hydrogen (secondary N) is 1. The Kier molecular flexibility index (Phi) is 3.35. The standard InChI is InChI=1S/C13H13N2O2/c1-17-13-10-6-5-9-12(13)15(16)14-11-7-3-2-4-8-11/h2-10H,1H3,(H,14,16)/q+1. The molecule has 4 nitrogen and oxygen atoms in total. The van der Waals surface area contributed by atoms with Crippen LogP contribution in [0.5, 0.6) is 5.75 Å². The largest absolute Gasteiger partial charge is 0.490 e. The summed E-state index contributed by atoms with van der Waals surface area (Å²) in [5, 5.41) is 0. The number of benzene rings is 2. The van der Waals surface area contributed by atoms with E-state index in [4.69, 9.17) is 4.74 Å². The number of anilines is 1. The number of methoxy groups -OCH3 is 1. The van der Waals surface area contributed by atoms with Crippen LogP contribution >= 0.6 is 0 Å². The van der Waals surface area contributed by atoms with E-state index in [0.717, 1.165) is 5.69 Å². The minimum Gasteiger partial charge on any atom is -0.490 e. The summed E-state index contributed by atoms with van der Waals surface area (Å²) in [5.74, 6) is 0.533. The second-order valence-electron chi connectivity index (χ2n) is 3.44. The molecule has 2 aromatic rings. The summed E-state index contributed by atoms with van der Waals surface area (Å²) in [7, 11) is 1.54. The van der Waals surface area contributed by atoms with E-state index in [9.17, 15) is 4.91 Å². The van der Waals surface area contributed by atoms with Crippen LogP contribution in [0, 0.1) is 4.91 Å². The first-order chi connectivity index (χ1) is 8.31. The SMILES string of the molecule is COc1ccccc1[N+](=O)Nc1ccccc1. The van der Waals surface area contributed by atoms with Gasteiger partial charge in [0.2, 0.25) is 0 Å². The fourth-order valence-electron chi connectivity index (χ4n) is 1.49. The summed E-state index contributed by atoms with van der Waals surface area (Å²) >= 11 is 0. The predicted octanol–water partition coefficient (Wildman–Crippen LogP) is 3.13. The maximum atomic E-state index is 11.9. The summed E-state index contributed by atoms with van der Waals surface area (Å²) in [5.41, 5.74) is 3.90. The Labute approximate surface area is 99.4 Å². The van der Waals surface area contributed by atoms with Gasteiger partial charge in [-0.25, -0.2) is 0 Å². The molecule has 0 saturated heterocycles. The second kappa shape index (κ2) is 5.12. The third-order valence-corrected chi connectivity index (χ3v) is 2.31. The van der Waals surface area contributed by atoms with Gasteiger partial charge in [-0.1, -0.05) is 30.3 Å². The fraction of sp³-hybridized carbons (Fsp3) is 0.0769. The minimum absolute atomic E-state index is 0.443. The van der Waals surface area contributed by atoms with Gasteiger partial charge in [0.25, 0.3) is 0 Å². The molecule has 0 atom stereocenters. The Morgan fingerprint density at radius 3 is 2.35 bits per heavy atom. The molecule has 0 saturated carbocycles. The number of hydrogen-bond acceptors (Lipinski definition) is 2. The lowest BCUT2D eigenvalue weighted by Crippen LogP contribution is -2.10. The van der Waals surface area contributed by atoms with Gasteiger partial charge in [-0.3, -0.25) is 0 Å². The van der Waals surface area contributed by atoms with Crippen LogP contribution in [-0.2, 0) is 0 Å². The van der Waals surface area contributed by atoms with E-state index >= 15 is 0 Å². The highest BCUT2D eigenvalue weighted by atomic mass is 16.5. The van der Waals surface area contributed by atoms with Gasteiger partial charge in [0.1, 0.15) is 5.69 Å². The molecule has 0 unspecified atom stereocenters. The van der Waals surface area contributed by atoms with E-state index in [2.05, 4.69) is 5.43 Å². The number of para-hydroxylation sites is 3. The molecule has 0 bridgehead atoms. The zero-order chi connectivity index (χ0) is 12.1. The maximum Gasteiger partial charge on any atom is 0.333 e. The van der Waals surface area contributed by atoms with Crippen molar-refractivity contribution in [1.29, 1.82) is 0 Å². The van der Waals surface area contributed by atoms with E-state index < -0.39 is 0 Å². The van der Waals surface area contributed by atoms with Crippen molar-refractivity contribution in [2.45, 2.75) is 0 Å². The highest BCUT2D eigenvalue weighted by Crippen LogP contribution is 2.26. The van der Waals surface area contributed by atoms with Crippen LogP contribution in [0.15, 0.2) is 54.6 Å². The van der Waals surface area contributed by atoms with Gasteiger partial charge in [-0.05, 0) is 18.2 Å². The Morgan fingerprint density at radius 1 is 1.00 bits per heavy atom. The molecular weight excluding hydrogens is 216 g/mol. The number of nitrogens with zero attached hydrogens (tertiary/aromatic N) is 1. The van der Waals surface area contributed by atoms with Crippen LogP contribution < -0.4 is 10.2 Å². The fourth-order valence-corrected chi connectivity index (χ4v) is 1.49. The topological polar surface area (TPSA) is 41.3 Å². The highest BCUT2D eigenvalue weighted by molar-refractivity contribution is 5.47. The summed E-state index contributed by atoms with van der Waals surface area (Å²) in [6.07, 6.45) is 0. The number of rotatable bonds is 4. The van der Waals surface area contributed by atoms with Crippen molar-refractivity contribution in [2.24, 2.45) is 0 Å². The Balaban J connectivity index is 2.20. The van der Waals surface area contributed by atoms with Crippen molar-refractivity contribution in [3.05, 3.63) is 59.5 Å². The van der Waals surface area contributed by atoms with Crippen LogP contribution in [0.4, 0.5) is 11.4 Å². The summed E-state index contributed by atoms with van der Waals surface area (Å²) < 4.78 is 5.12. The van der Waals surface area contributed by atoms with Gasteiger partial charge >= 0.3 is 5.69 Å². The van der Waals surface area contributed by atoms with Gasteiger partial charge in [-0.15, -0.1) is 5.43 Å². The molecule has 0 spiro atoms. The van der Waals surface area contributed by atoms with Gasteiger partial charge < -0.3 is 4.74 Å². The summed E-state index contributed by atoms with van der Waals surface area (Å²) in [6, 6.07) is 16.3. The zero-order valence-electron chi connectivity index (χ0n) is 9.46. The van der Waals surface area contributed by atoms with E-state index in [1.165, 1.54) is 7.11 Å². The first kappa shape index (κ1) is 11.1. The van der Waals surface area contributed by atoms with Crippen molar-refractivity contribution in [1.82, 2.24) is 0 Å². The normalized spacial score (nSPS) is 9.71. The molecule has 4 heteroatoms. The Bertz CT molecular complexity index is 512. The lowest BCUT2D eigenvalue weighted by molar-refractivity contribution is -0.428. The smallest absolute Gasteiger partial charge is 0.333 e. The van der Waals surface area contributed by atoms with Gasteiger partial charge in [0, 0.05) is 6.07 Å². The molecule has 86 valence electrons. The third kappa shape index (κ3) is 2.60. The van der Waals surface area contributed by atoms with Crippen LogP contribution in [0.2, 0.25) is 0 Å². The molecule has 1 N–H and O–H groups in total. The molecule has 0 aliphatic carbocycles. The molecule has 0 radical (unpaired) electrons. The van der Waals surface area contributed by atoms with E-state index in [0.29, 0.717) is 16.3 Å². The lowest BCUT2D eigenvalue weighted by Gasteiger charge is -2.01. The molecular formula is C13H13N2O2+. The predicted molar refractivity (Wildman–Crippen MR) is 66.3 cm³/mol. The highest BCUT2D eigenvalue weighted by Gasteiger charge is 2.19. The Hall–Kier alpha value is -2.36. The number of nitroso groups, excluding NO2 is 1. The average molecular weight is 229 g/mol. The number of hydrazine groups is 1. The molecule has 0 aliphatic rings. The lowest BCUT2D eigenvalue weighted by atomic mass is 10.3. The minimum atomic E-state index is 0.443. The molecule has 0 aromatic heterocycles. The summed E-state index contributed by atoms with van der Waals surface area (Å²) in [4.78, 5) is 12.6. The average Bonchev–Trinajstić information content (AvgIpc) is 2.40. The van der Waals surface area contributed by atoms with Crippen molar-refractivity contribution in [3.8, 4) is 5.75 Å². The monoisotopic (exact) mass is 229 g/mol. The molecule has 0 aliphatic heterocycles. The molecule has 0 heterocycles. The molecule has 17 heavy (non-hydrogen) atoms.